The molecule has 0 bridgehead atoms. The van der Waals surface area contributed by atoms with Crippen molar-refractivity contribution in [3.63, 3.8) is 0 Å². The van der Waals surface area contributed by atoms with Gasteiger partial charge in [-0.05, 0) is 33.0 Å². The smallest absolute Gasteiger partial charge is 0.127 e. The van der Waals surface area contributed by atoms with E-state index in [4.69, 9.17) is 9.40 Å². The Kier molecular flexibility index (Phi) is 4.18. The van der Waals surface area contributed by atoms with Gasteiger partial charge in [-0.1, -0.05) is 30.3 Å². The van der Waals surface area contributed by atoms with Crippen molar-refractivity contribution < 1.29 is 4.42 Å². The van der Waals surface area contributed by atoms with Crippen molar-refractivity contribution in [2.75, 3.05) is 13.6 Å². The summed E-state index contributed by atoms with van der Waals surface area (Å²) in [7, 11) is 1.98. The molecule has 0 saturated carbocycles. The van der Waals surface area contributed by atoms with Crippen LogP contribution in [0.3, 0.4) is 0 Å². The third-order valence-corrected chi connectivity index (χ3v) is 4.58. The van der Waals surface area contributed by atoms with Gasteiger partial charge in [0.15, 0.2) is 0 Å². The first-order chi connectivity index (χ1) is 10.3. The van der Waals surface area contributed by atoms with E-state index >= 15 is 0 Å². The lowest BCUT2D eigenvalue weighted by molar-refractivity contribution is 0.535. The number of benzene rings is 1. The van der Waals surface area contributed by atoms with Crippen LogP contribution in [0.2, 0.25) is 0 Å². The van der Waals surface area contributed by atoms with Crippen LogP contribution in [0.4, 0.5) is 0 Å². The fourth-order valence-electron chi connectivity index (χ4n) is 2.30. The topological polar surface area (TPSA) is 38.1 Å². The van der Waals surface area contributed by atoms with Gasteiger partial charge >= 0.3 is 0 Å². The first-order valence-electron chi connectivity index (χ1n) is 7.04. The zero-order valence-electron chi connectivity index (χ0n) is 12.2. The van der Waals surface area contributed by atoms with E-state index in [0.717, 1.165) is 35.0 Å². The molecular weight excluding hydrogens is 280 g/mol. The highest BCUT2D eigenvalue weighted by molar-refractivity contribution is 7.15. The maximum Gasteiger partial charge on any atom is 0.127 e. The Morgan fingerprint density at radius 1 is 1.19 bits per heavy atom. The molecule has 1 N–H and O–H groups in total. The molecule has 108 valence electrons. The van der Waals surface area contributed by atoms with Crippen molar-refractivity contribution in [2.45, 2.75) is 13.3 Å². The SMILES string of the molecule is CNCCc1sc(-c2ccoc2C)nc1-c1ccccc1. The van der Waals surface area contributed by atoms with Crippen LogP contribution in [-0.4, -0.2) is 18.6 Å². The fourth-order valence-corrected chi connectivity index (χ4v) is 3.46. The molecule has 21 heavy (non-hydrogen) atoms. The van der Waals surface area contributed by atoms with Crippen LogP contribution in [0, 0.1) is 6.92 Å². The third kappa shape index (κ3) is 2.91. The van der Waals surface area contributed by atoms with Gasteiger partial charge in [0.2, 0.25) is 0 Å². The minimum atomic E-state index is 0.920. The average Bonchev–Trinajstić information content (AvgIpc) is 3.12. The summed E-state index contributed by atoms with van der Waals surface area (Å²) < 4.78 is 5.41. The molecule has 0 spiro atoms. The van der Waals surface area contributed by atoms with Gasteiger partial charge in [-0.25, -0.2) is 4.98 Å². The van der Waals surface area contributed by atoms with Crippen molar-refractivity contribution in [2.24, 2.45) is 0 Å². The Morgan fingerprint density at radius 2 is 2.00 bits per heavy atom. The van der Waals surface area contributed by atoms with Crippen molar-refractivity contribution in [1.82, 2.24) is 10.3 Å². The molecule has 0 aliphatic heterocycles. The van der Waals surface area contributed by atoms with Gasteiger partial charge in [0.05, 0.1) is 17.5 Å². The number of hydrogen-bond donors (Lipinski definition) is 1. The summed E-state index contributed by atoms with van der Waals surface area (Å²) >= 11 is 1.76. The monoisotopic (exact) mass is 298 g/mol. The van der Waals surface area contributed by atoms with E-state index in [9.17, 15) is 0 Å². The summed E-state index contributed by atoms with van der Waals surface area (Å²) in [6.45, 7) is 2.93. The number of nitrogens with one attached hydrogen (secondary N) is 1. The molecule has 0 aliphatic rings. The zero-order valence-corrected chi connectivity index (χ0v) is 13.0. The number of hydrogen-bond acceptors (Lipinski definition) is 4. The maximum absolute atomic E-state index is 5.41. The number of rotatable bonds is 5. The van der Waals surface area contributed by atoms with Gasteiger partial charge in [-0.15, -0.1) is 11.3 Å². The number of aryl methyl sites for hydroxylation is 1. The van der Waals surface area contributed by atoms with E-state index in [1.807, 2.05) is 26.1 Å². The number of thiazole rings is 1. The highest BCUT2D eigenvalue weighted by atomic mass is 32.1. The van der Waals surface area contributed by atoms with Crippen LogP contribution in [0.15, 0.2) is 47.1 Å². The van der Waals surface area contributed by atoms with Crippen LogP contribution in [0.1, 0.15) is 10.6 Å². The van der Waals surface area contributed by atoms with Crippen molar-refractivity contribution in [1.29, 1.82) is 0 Å². The first-order valence-corrected chi connectivity index (χ1v) is 7.85. The quantitative estimate of drug-likeness (QED) is 0.769. The Bertz CT molecular complexity index is 715. The molecule has 0 saturated heterocycles. The van der Waals surface area contributed by atoms with Gasteiger partial charge < -0.3 is 9.73 Å². The minimum absolute atomic E-state index is 0.920. The average molecular weight is 298 g/mol. The highest BCUT2D eigenvalue weighted by Gasteiger charge is 2.16. The lowest BCUT2D eigenvalue weighted by atomic mass is 10.1. The van der Waals surface area contributed by atoms with Gasteiger partial charge in [-0.2, -0.15) is 0 Å². The van der Waals surface area contributed by atoms with Crippen LogP contribution in [-0.2, 0) is 6.42 Å². The highest BCUT2D eigenvalue weighted by Crippen LogP contribution is 2.35. The lowest BCUT2D eigenvalue weighted by Crippen LogP contribution is -2.09. The molecule has 3 nitrogen and oxygen atoms in total. The van der Waals surface area contributed by atoms with E-state index in [1.54, 1.807) is 17.6 Å². The van der Waals surface area contributed by atoms with E-state index in [-0.39, 0.29) is 0 Å². The largest absolute Gasteiger partial charge is 0.469 e. The Hall–Kier alpha value is -1.91. The Balaban J connectivity index is 2.05. The summed E-state index contributed by atoms with van der Waals surface area (Å²) in [4.78, 5) is 6.18. The molecule has 0 atom stereocenters. The fraction of sp³-hybridized carbons (Fsp3) is 0.235. The number of nitrogens with zero attached hydrogens (tertiary/aromatic N) is 1. The van der Waals surface area contributed by atoms with Crippen molar-refractivity contribution in [3.8, 4) is 21.8 Å². The normalized spacial score (nSPS) is 11.0. The van der Waals surface area contributed by atoms with Gasteiger partial charge in [0.1, 0.15) is 10.8 Å². The summed E-state index contributed by atoms with van der Waals surface area (Å²) in [5, 5.41) is 4.24. The Morgan fingerprint density at radius 3 is 2.67 bits per heavy atom. The van der Waals surface area contributed by atoms with Crippen LogP contribution < -0.4 is 5.32 Å². The lowest BCUT2D eigenvalue weighted by Gasteiger charge is -2.01. The van der Waals surface area contributed by atoms with Crippen molar-refractivity contribution in [3.05, 3.63) is 53.3 Å². The second-order valence-corrected chi connectivity index (χ2v) is 5.98. The number of aromatic nitrogens is 1. The summed E-state index contributed by atoms with van der Waals surface area (Å²) in [5.41, 5.74) is 3.35. The van der Waals surface area contributed by atoms with Crippen LogP contribution in [0.5, 0.6) is 0 Å². The summed E-state index contributed by atoms with van der Waals surface area (Å²) in [6.07, 6.45) is 2.71. The standard InChI is InChI=1S/C17H18N2OS/c1-12-14(9-11-20-12)17-19-16(13-6-4-3-5-7-13)15(21-17)8-10-18-2/h3-7,9,11,18H,8,10H2,1-2H3. The molecule has 0 aliphatic carbocycles. The summed E-state index contributed by atoms with van der Waals surface area (Å²) in [5.74, 6) is 0.920. The predicted octanol–water partition coefficient (Wildman–Crippen LogP) is 4.14. The van der Waals surface area contributed by atoms with Crippen molar-refractivity contribution >= 4 is 11.3 Å². The van der Waals surface area contributed by atoms with Crippen LogP contribution >= 0.6 is 11.3 Å². The number of furan rings is 1. The molecule has 1 aromatic carbocycles. The predicted molar refractivity (Wildman–Crippen MR) is 87.6 cm³/mol. The van der Waals surface area contributed by atoms with E-state index in [1.165, 1.54) is 10.4 Å². The van der Waals surface area contributed by atoms with Gasteiger partial charge in [-0.3, -0.25) is 0 Å². The van der Waals surface area contributed by atoms with E-state index in [2.05, 4.69) is 29.6 Å². The molecular formula is C17H18N2OS. The third-order valence-electron chi connectivity index (χ3n) is 3.44. The van der Waals surface area contributed by atoms with Crippen LogP contribution in [0.25, 0.3) is 21.8 Å². The Labute approximate surface area is 128 Å². The molecule has 3 aromatic rings. The molecule has 2 aromatic heterocycles. The van der Waals surface area contributed by atoms with Gasteiger partial charge in [0, 0.05) is 10.4 Å². The first kappa shape index (κ1) is 14.0. The zero-order chi connectivity index (χ0) is 14.7. The van der Waals surface area contributed by atoms with E-state index < -0.39 is 0 Å². The second kappa shape index (κ2) is 6.24. The summed E-state index contributed by atoms with van der Waals surface area (Å²) in [6, 6.07) is 12.4. The van der Waals surface area contributed by atoms with Gasteiger partial charge in [0.25, 0.3) is 0 Å². The molecule has 2 heterocycles. The van der Waals surface area contributed by atoms with E-state index in [0.29, 0.717) is 0 Å². The molecule has 0 radical (unpaired) electrons. The molecule has 3 rings (SSSR count). The number of likely N-dealkylation sites (N-methyl/N-ethyl adjacent to an activating group) is 1. The molecule has 4 heteroatoms. The molecule has 0 fully saturated rings. The molecule has 0 unspecified atom stereocenters. The maximum atomic E-state index is 5.41. The second-order valence-electron chi connectivity index (χ2n) is 4.90. The molecule has 0 amide bonds. The minimum Gasteiger partial charge on any atom is -0.469 e.